The zero-order chi connectivity index (χ0) is 9.10. The Kier molecular flexibility index (Phi) is 2.57. The first-order valence-electron chi connectivity index (χ1n) is 4.41. The second-order valence-electron chi connectivity index (χ2n) is 3.21. The highest BCUT2D eigenvalue weighted by molar-refractivity contribution is 5.17. The van der Waals surface area contributed by atoms with Crippen molar-refractivity contribution in [2.45, 2.75) is 12.6 Å². The maximum absolute atomic E-state index is 13.1. The summed E-state index contributed by atoms with van der Waals surface area (Å²) >= 11 is 0. The second-order valence-corrected chi connectivity index (χ2v) is 3.21. The highest BCUT2D eigenvalue weighted by Crippen LogP contribution is 2.07. The molecule has 3 heteroatoms. The van der Waals surface area contributed by atoms with Crippen LogP contribution in [0.15, 0.2) is 24.3 Å². The summed E-state index contributed by atoms with van der Waals surface area (Å²) in [7, 11) is 0. The van der Waals surface area contributed by atoms with Gasteiger partial charge in [0.2, 0.25) is 0 Å². The predicted molar refractivity (Wildman–Crippen MR) is 47.8 cm³/mol. The number of hydrogen-bond donors (Lipinski definition) is 1. The van der Waals surface area contributed by atoms with Crippen LogP contribution in [0.2, 0.25) is 0 Å². The van der Waals surface area contributed by atoms with Crippen LogP contribution in [0.25, 0.3) is 0 Å². The van der Waals surface area contributed by atoms with E-state index in [1.807, 2.05) is 6.07 Å². The summed E-state index contributed by atoms with van der Waals surface area (Å²) in [5, 5.41) is 3.21. The Bertz CT molecular complexity index is 286. The van der Waals surface area contributed by atoms with Crippen LogP contribution in [-0.2, 0) is 11.3 Å². The van der Waals surface area contributed by atoms with E-state index in [9.17, 15) is 4.39 Å². The lowest BCUT2D eigenvalue weighted by Gasteiger charge is -2.27. The van der Waals surface area contributed by atoms with Gasteiger partial charge in [-0.1, -0.05) is 18.2 Å². The molecule has 0 amide bonds. The molecule has 1 aromatic carbocycles. The minimum absolute atomic E-state index is 0.143. The van der Waals surface area contributed by atoms with Crippen LogP contribution < -0.4 is 5.32 Å². The molecule has 0 atom stereocenters. The van der Waals surface area contributed by atoms with Gasteiger partial charge in [-0.2, -0.15) is 0 Å². The number of benzene rings is 1. The Morgan fingerprint density at radius 1 is 1.38 bits per heavy atom. The first-order chi connectivity index (χ1) is 6.36. The quantitative estimate of drug-likeness (QED) is 0.759. The second kappa shape index (κ2) is 3.85. The molecule has 1 aliphatic heterocycles. The highest BCUT2D eigenvalue weighted by atomic mass is 19.1. The summed E-state index contributed by atoms with van der Waals surface area (Å²) in [5.74, 6) is -0.143. The average Bonchev–Trinajstić information content (AvgIpc) is 2.05. The van der Waals surface area contributed by atoms with E-state index in [1.165, 1.54) is 6.07 Å². The molecule has 13 heavy (non-hydrogen) atoms. The van der Waals surface area contributed by atoms with Gasteiger partial charge in [-0.25, -0.2) is 4.39 Å². The van der Waals surface area contributed by atoms with Gasteiger partial charge in [-0.3, -0.25) is 0 Å². The van der Waals surface area contributed by atoms with Crippen LogP contribution in [0.1, 0.15) is 5.56 Å². The van der Waals surface area contributed by atoms with Gasteiger partial charge < -0.3 is 10.1 Å². The number of halogens is 1. The fourth-order valence-corrected chi connectivity index (χ4v) is 1.25. The minimum Gasteiger partial charge on any atom is -0.378 e. The van der Waals surface area contributed by atoms with E-state index in [2.05, 4.69) is 5.32 Å². The van der Waals surface area contributed by atoms with Crippen LogP contribution in [0.3, 0.4) is 0 Å². The van der Waals surface area contributed by atoms with Gasteiger partial charge in [-0.15, -0.1) is 0 Å². The normalized spacial score (nSPS) is 17.0. The lowest BCUT2D eigenvalue weighted by atomic mass is 10.2. The van der Waals surface area contributed by atoms with E-state index >= 15 is 0 Å². The van der Waals surface area contributed by atoms with E-state index < -0.39 is 0 Å². The van der Waals surface area contributed by atoms with Gasteiger partial charge in [0.15, 0.2) is 0 Å². The van der Waals surface area contributed by atoms with Crippen LogP contribution in [0, 0.1) is 5.82 Å². The zero-order valence-corrected chi connectivity index (χ0v) is 7.29. The van der Waals surface area contributed by atoms with Gasteiger partial charge in [0.25, 0.3) is 0 Å². The Labute approximate surface area is 76.7 Å². The summed E-state index contributed by atoms with van der Waals surface area (Å²) in [6.07, 6.45) is 0. The molecule has 70 valence electrons. The van der Waals surface area contributed by atoms with Gasteiger partial charge in [0, 0.05) is 12.1 Å². The monoisotopic (exact) mass is 181 g/mol. The first-order valence-corrected chi connectivity index (χ1v) is 4.41. The first kappa shape index (κ1) is 8.66. The van der Waals surface area contributed by atoms with Gasteiger partial charge >= 0.3 is 0 Å². The van der Waals surface area contributed by atoms with Crippen LogP contribution >= 0.6 is 0 Å². The number of hydrogen-bond acceptors (Lipinski definition) is 2. The molecule has 2 rings (SSSR count). The largest absolute Gasteiger partial charge is 0.378 e. The summed E-state index contributed by atoms with van der Waals surface area (Å²) in [4.78, 5) is 0. The van der Waals surface area contributed by atoms with E-state index in [0.717, 1.165) is 18.8 Å². The van der Waals surface area contributed by atoms with Crippen molar-refractivity contribution in [3.05, 3.63) is 35.6 Å². The Morgan fingerprint density at radius 3 is 2.77 bits per heavy atom. The molecule has 1 aliphatic rings. The Balaban J connectivity index is 1.89. The van der Waals surface area contributed by atoms with Crippen molar-refractivity contribution in [2.24, 2.45) is 0 Å². The molecule has 1 aromatic rings. The molecule has 1 N–H and O–H groups in total. The molecule has 0 aliphatic carbocycles. The predicted octanol–water partition coefficient (Wildman–Crippen LogP) is 1.31. The third kappa shape index (κ3) is 2.05. The molecule has 0 bridgehead atoms. The van der Waals surface area contributed by atoms with Crippen molar-refractivity contribution in [3.63, 3.8) is 0 Å². The fraction of sp³-hybridized carbons (Fsp3) is 0.400. The Morgan fingerprint density at radius 2 is 2.15 bits per heavy atom. The minimum atomic E-state index is -0.143. The number of rotatable bonds is 3. The standard InChI is InChI=1S/C10H12FNO/c11-10-4-2-1-3-8(10)5-12-9-6-13-7-9/h1-4,9,12H,5-7H2. The molecule has 0 saturated carbocycles. The molecule has 0 aromatic heterocycles. The summed E-state index contributed by atoms with van der Waals surface area (Å²) in [6, 6.07) is 7.22. The zero-order valence-electron chi connectivity index (χ0n) is 7.29. The van der Waals surface area contributed by atoms with E-state index in [4.69, 9.17) is 4.74 Å². The van der Waals surface area contributed by atoms with E-state index in [-0.39, 0.29) is 5.82 Å². The lowest BCUT2D eigenvalue weighted by Crippen LogP contribution is -2.45. The van der Waals surface area contributed by atoms with Crippen molar-refractivity contribution in [1.82, 2.24) is 5.32 Å². The molecular formula is C10H12FNO. The SMILES string of the molecule is Fc1ccccc1CNC1COC1. The molecule has 1 fully saturated rings. The molecule has 1 saturated heterocycles. The van der Waals surface area contributed by atoms with E-state index in [0.29, 0.717) is 12.6 Å². The van der Waals surface area contributed by atoms with Gasteiger partial charge in [0.1, 0.15) is 5.82 Å². The fourth-order valence-electron chi connectivity index (χ4n) is 1.25. The smallest absolute Gasteiger partial charge is 0.127 e. The molecule has 1 heterocycles. The number of ether oxygens (including phenoxy) is 1. The van der Waals surface area contributed by atoms with Crippen molar-refractivity contribution in [2.75, 3.05) is 13.2 Å². The highest BCUT2D eigenvalue weighted by Gasteiger charge is 2.17. The maximum Gasteiger partial charge on any atom is 0.127 e. The molecule has 0 spiro atoms. The van der Waals surface area contributed by atoms with E-state index in [1.54, 1.807) is 12.1 Å². The van der Waals surface area contributed by atoms with Crippen LogP contribution in [-0.4, -0.2) is 19.3 Å². The average molecular weight is 181 g/mol. The third-order valence-electron chi connectivity index (χ3n) is 2.18. The Hall–Kier alpha value is -0.930. The van der Waals surface area contributed by atoms with Gasteiger partial charge in [-0.05, 0) is 6.07 Å². The van der Waals surface area contributed by atoms with Crippen molar-refractivity contribution in [3.8, 4) is 0 Å². The maximum atomic E-state index is 13.1. The lowest BCUT2D eigenvalue weighted by molar-refractivity contribution is -0.00588. The molecule has 0 radical (unpaired) electrons. The summed E-state index contributed by atoms with van der Waals surface area (Å²) in [5.41, 5.74) is 0.717. The van der Waals surface area contributed by atoms with Crippen molar-refractivity contribution < 1.29 is 9.13 Å². The topological polar surface area (TPSA) is 21.3 Å². The summed E-state index contributed by atoms with van der Waals surface area (Å²) in [6.45, 7) is 2.07. The molecular weight excluding hydrogens is 169 g/mol. The molecule has 2 nitrogen and oxygen atoms in total. The third-order valence-corrected chi connectivity index (χ3v) is 2.18. The van der Waals surface area contributed by atoms with Crippen LogP contribution in [0.5, 0.6) is 0 Å². The van der Waals surface area contributed by atoms with Crippen molar-refractivity contribution in [1.29, 1.82) is 0 Å². The van der Waals surface area contributed by atoms with Gasteiger partial charge in [0.05, 0.1) is 19.3 Å². The molecule has 0 unspecified atom stereocenters. The van der Waals surface area contributed by atoms with Crippen molar-refractivity contribution >= 4 is 0 Å². The van der Waals surface area contributed by atoms with Crippen LogP contribution in [0.4, 0.5) is 4.39 Å². The number of nitrogens with one attached hydrogen (secondary N) is 1. The summed E-state index contributed by atoms with van der Waals surface area (Å²) < 4.78 is 18.1.